The van der Waals surface area contributed by atoms with E-state index < -0.39 is 0 Å². The Balaban J connectivity index is 0.00000162. The van der Waals surface area contributed by atoms with Gasteiger partial charge in [-0.1, -0.05) is 25.5 Å². The van der Waals surface area contributed by atoms with E-state index in [0.717, 1.165) is 24.9 Å². The number of benzene rings is 1. The predicted octanol–water partition coefficient (Wildman–Crippen LogP) is 3.04. The Kier molecular flexibility index (Phi) is 5.17. The first-order valence-electron chi connectivity index (χ1n) is 6.28. The van der Waals surface area contributed by atoms with E-state index in [9.17, 15) is 4.79 Å². The molecule has 0 aliphatic heterocycles. The highest BCUT2D eigenvalue weighted by atomic mass is 35.5. The fourth-order valence-corrected chi connectivity index (χ4v) is 2.72. The van der Waals surface area contributed by atoms with Crippen LogP contribution in [0.1, 0.15) is 43.9 Å². The molecule has 18 heavy (non-hydrogen) atoms. The van der Waals surface area contributed by atoms with Crippen molar-refractivity contribution in [3.63, 3.8) is 0 Å². The Hall–Kier alpha value is -1.06. The van der Waals surface area contributed by atoms with E-state index in [0.29, 0.717) is 5.92 Å². The van der Waals surface area contributed by atoms with E-state index in [-0.39, 0.29) is 24.4 Å². The summed E-state index contributed by atoms with van der Waals surface area (Å²) in [7, 11) is 0. The molecule has 0 saturated carbocycles. The number of carbonyl (C=O) groups is 1. The summed E-state index contributed by atoms with van der Waals surface area (Å²) in [5.74, 6) is 0.541. The largest absolute Gasteiger partial charge is 0.326 e. The number of carbonyl (C=O) groups excluding carboxylic acids is 1. The molecule has 1 aliphatic rings. The van der Waals surface area contributed by atoms with Crippen LogP contribution in [-0.4, -0.2) is 5.91 Å². The van der Waals surface area contributed by atoms with Crippen LogP contribution in [-0.2, 0) is 11.2 Å². The van der Waals surface area contributed by atoms with Gasteiger partial charge in [0.2, 0.25) is 5.91 Å². The van der Waals surface area contributed by atoms with Crippen LogP contribution in [0.5, 0.6) is 0 Å². The molecule has 0 aromatic heterocycles. The maximum atomic E-state index is 11.2. The number of hydrogen-bond acceptors (Lipinski definition) is 2. The van der Waals surface area contributed by atoms with E-state index in [1.165, 1.54) is 18.1 Å². The molecule has 0 saturated heterocycles. The van der Waals surface area contributed by atoms with Crippen molar-refractivity contribution in [2.24, 2.45) is 11.7 Å². The Bertz CT molecular complexity index is 434. The molecule has 0 radical (unpaired) electrons. The van der Waals surface area contributed by atoms with E-state index in [1.807, 2.05) is 12.1 Å². The van der Waals surface area contributed by atoms with Gasteiger partial charge < -0.3 is 11.1 Å². The monoisotopic (exact) mass is 268 g/mol. The van der Waals surface area contributed by atoms with Crippen molar-refractivity contribution >= 4 is 24.0 Å². The van der Waals surface area contributed by atoms with Gasteiger partial charge in [-0.25, -0.2) is 0 Å². The highest BCUT2D eigenvalue weighted by Crippen LogP contribution is 2.37. The Morgan fingerprint density at radius 2 is 2.22 bits per heavy atom. The number of rotatable bonds is 2. The zero-order valence-corrected chi connectivity index (χ0v) is 11.7. The van der Waals surface area contributed by atoms with Crippen molar-refractivity contribution in [2.45, 2.75) is 39.2 Å². The second-order valence-corrected chi connectivity index (χ2v) is 4.79. The highest BCUT2D eigenvalue weighted by molar-refractivity contribution is 5.89. The Labute approximate surface area is 115 Å². The molecule has 0 fully saturated rings. The fourth-order valence-electron chi connectivity index (χ4n) is 2.72. The van der Waals surface area contributed by atoms with Crippen LogP contribution >= 0.6 is 12.4 Å². The van der Waals surface area contributed by atoms with Crippen molar-refractivity contribution in [3.05, 3.63) is 29.3 Å². The van der Waals surface area contributed by atoms with Crippen LogP contribution in [0, 0.1) is 5.92 Å². The maximum absolute atomic E-state index is 11.2. The molecule has 3 N–H and O–H groups in total. The predicted molar refractivity (Wildman–Crippen MR) is 77.0 cm³/mol. The van der Waals surface area contributed by atoms with Crippen molar-refractivity contribution in [1.82, 2.24) is 0 Å². The van der Waals surface area contributed by atoms with Crippen LogP contribution in [0.2, 0.25) is 0 Å². The van der Waals surface area contributed by atoms with Gasteiger partial charge in [-0.15, -0.1) is 12.4 Å². The second kappa shape index (κ2) is 6.21. The van der Waals surface area contributed by atoms with Gasteiger partial charge in [0.15, 0.2) is 0 Å². The van der Waals surface area contributed by atoms with E-state index >= 15 is 0 Å². The summed E-state index contributed by atoms with van der Waals surface area (Å²) in [5, 5.41) is 2.89. The molecule has 2 rings (SSSR count). The number of amides is 1. The minimum Gasteiger partial charge on any atom is -0.326 e. The first-order chi connectivity index (χ1) is 8.13. The molecule has 1 aromatic rings. The number of nitrogens with one attached hydrogen (secondary N) is 1. The number of fused-ring (bicyclic) bond motifs is 1. The van der Waals surface area contributed by atoms with Gasteiger partial charge in [-0.05, 0) is 36.0 Å². The summed E-state index contributed by atoms with van der Waals surface area (Å²) < 4.78 is 0. The van der Waals surface area contributed by atoms with E-state index in [4.69, 9.17) is 5.73 Å². The molecule has 1 amide bonds. The smallest absolute Gasteiger partial charge is 0.221 e. The summed E-state index contributed by atoms with van der Waals surface area (Å²) in [5.41, 5.74) is 9.64. The number of anilines is 1. The molecule has 100 valence electrons. The first-order valence-corrected chi connectivity index (χ1v) is 6.28. The third-order valence-electron chi connectivity index (χ3n) is 3.68. The molecule has 0 bridgehead atoms. The average Bonchev–Trinajstić information content (AvgIpc) is 2.30. The van der Waals surface area contributed by atoms with Crippen molar-refractivity contribution in [1.29, 1.82) is 0 Å². The third kappa shape index (κ3) is 2.85. The third-order valence-corrected chi connectivity index (χ3v) is 3.68. The Morgan fingerprint density at radius 3 is 2.83 bits per heavy atom. The molecule has 1 aliphatic carbocycles. The normalized spacial score (nSPS) is 21.7. The van der Waals surface area contributed by atoms with E-state index in [2.05, 4.69) is 18.3 Å². The molecule has 1 aromatic carbocycles. The molecular formula is C14H21ClN2O. The topological polar surface area (TPSA) is 55.1 Å². The van der Waals surface area contributed by atoms with Crippen LogP contribution in [0.3, 0.4) is 0 Å². The minimum atomic E-state index is -0.0235. The van der Waals surface area contributed by atoms with Gasteiger partial charge >= 0.3 is 0 Å². The number of halogens is 1. The number of hydrogen-bond donors (Lipinski definition) is 2. The lowest BCUT2D eigenvalue weighted by atomic mass is 9.78. The maximum Gasteiger partial charge on any atom is 0.221 e. The van der Waals surface area contributed by atoms with E-state index in [1.54, 1.807) is 0 Å². The molecule has 2 atom stereocenters. The van der Waals surface area contributed by atoms with Crippen LogP contribution in [0.15, 0.2) is 18.2 Å². The second-order valence-electron chi connectivity index (χ2n) is 4.79. The van der Waals surface area contributed by atoms with Crippen LogP contribution in [0.25, 0.3) is 0 Å². The van der Waals surface area contributed by atoms with Crippen molar-refractivity contribution in [3.8, 4) is 0 Å². The van der Waals surface area contributed by atoms with Crippen molar-refractivity contribution in [2.75, 3.05) is 5.32 Å². The zero-order chi connectivity index (χ0) is 12.4. The summed E-state index contributed by atoms with van der Waals surface area (Å²) in [4.78, 5) is 11.2. The minimum absolute atomic E-state index is 0. The van der Waals surface area contributed by atoms with Crippen molar-refractivity contribution < 1.29 is 4.79 Å². The molecule has 3 nitrogen and oxygen atoms in total. The number of nitrogens with two attached hydrogens (primary N) is 1. The molecule has 0 heterocycles. The highest BCUT2D eigenvalue weighted by Gasteiger charge is 2.26. The van der Waals surface area contributed by atoms with Gasteiger partial charge in [0.1, 0.15) is 0 Å². The summed E-state index contributed by atoms with van der Waals surface area (Å²) in [6.07, 6.45) is 3.24. The lowest BCUT2D eigenvalue weighted by Crippen LogP contribution is -2.27. The molecule has 0 spiro atoms. The lowest BCUT2D eigenvalue weighted by Gasteiger charge is -2.31. The summed E-state index contributed by atoms with van der Waals surface area (Å²) in [6.45, 7) is 3.73. The summed E-state index contributed by atoms with van der Waals surface area (Å²) >= 11 is 0. The van der Waals surface area contributed by atoms with Crippen LogP contribution in [0.4, 0.5) is 5.69 Å². The lowest BCUT2D eigenvalue weighted by molar-refractivity contribution is -0.114. The van der Waals surface area contributed by atoms with Gasteiger partial charge in [0.05, 0.1) is 0 Å². The summed E-state index contributed by atoms with van der Waals surface area (Å²) in [6, 6.07) is 6.13. The Morgan fingerprint density at radius 1 is 1.50 bits per heavy atom. The fraction of sp³-hybridized carbons (Fsp3) is 0.500. The van der Waals surface area contributed by atoms with Crippen LogP contribution < -0.4 is 11.1 Å². The van der Waals surface area contributed by atoms with Gasteiger partial charge in [-0.2, -0.15) is 0 Å². The first kappa shape index (κ1) is 15.0. The van der Waals surface area contributed by atoms with Gasteiger partial charge in [0, 0.05) is 18.7 Å². The molecule has 4 heteroatoms. The van der Waals surface area contributed by atoms with Gasteiger partial charge in [-0.3, -0.25) is 4.79 Å². The average molecular weight is 269 g/mol. The van der Waals surface area contributed by atoms with Gasteiger partial charge in [0.25, 0.3) is 0 Å². The zero-order valence-electron chi connectivity index (χ0n) is 10.9. The quantitative estimate of drug-likeness (QED) is 0.866. The molecular weight excluding hydrogens is 248 g/mol. The SMILES string of the molecule is CCC1CCc2c(NC(C)=O)cccc2C1N.Cl. The molecule has 2 unspecified atom stereocenters. The standard InChI is InChI=1S/C14H20N2O.ClH/c1-3-10-7-8-11-12(14(10)15)5-4-6-13(11)16-9(2)17;/h4-6,10,14H,3,7-8,15H2,1-2H3,(H,16,17);1H.